The van der Waals surface area contributed by atoms with E-state index >= 15 is 0 Å². The summed E-state index contributed by atoms with van der Waals surface area (Å²) in [4.78, 5) is 13.6. The maximum atomic E-state index is 13.6. The van der Waals surface area contributed by atoms with Crippen LogP contribution in [0.2, 0.25) is 0 Å². The molecular formula is C42H47N3OS. The lowest BCUT2D eigenvalue weighted by molar-refractivity contribution is 0.0896. The highest BCUT2D eigenvalue weighted by Gasteiger charge is 2.37. The lowest BCUT2D eigenvalue weighted by Gasteiger charge is -2.38. The van der Waals surface area contributed by atoms with Crippen LogP contribution >= 0.6 is 10.7 Å². The van der Waals surface area contributed by atoms with Crippen LogP contribution in [0.25, 0.3) is 28.3 Å². The van der Waals surface area contributed by atoms with Crippen LogP contribution in [0.15, 0.2) is 96.4 Å². The van der Waals surface area contributed by atoms with Crippen molar-refractivity contribution in [2.45, 2.75) is 65.8 Å². The smallest absolute Gasteiger partial charge is 0.252 e. The first kappa shape index (κ1) is 34.1. The predicted octanol–water partition coefficient (Wildman–Crippen LogP) is 9.99. The number of rotatable bonds is 10. The van der Waals surface area contributed by atoms with Gasteiger partial charge in [0.2, 0.25) is 0 Å². The standard InChI is InChI=1S/C42H47N3OS/c1-6-31(3)25-34-26-32(4)40(33(5)27-34)19-24-47(7-2)45-22-20-42(30-43,21-23-45)44-41(46)39-18-12-17-38(29-39)37-16-11-15-36(28-37)35-13-9-8-10-14-35/h7-19,24,26-29,31H,6,20-23,25H2,1-5H3,(H,44,46)/b24-19+. The molecule has 4 nitrogen and oxygen atoms in total. The lowest BCUT2D eigenvalue weighted by Crippen LogP contribution is -2.53. The van der Waals surface area contributed by atoms with Gasteiger partial charge in [-0.1, -0.05) is 104 Å². The van der Waals surface area contributed by atoms with Gasteiger partial charge in [0.25, 0.3) is 5.91 Å². The third-order valence-electron chi connectivity index (χ3n) is 9.42. The Morgan fingerprint density at radius 2 is 1.51 bits per heavy atom. The van der Waals surface area contributed by atoms with E-state index in [0.717, 1.165) is 41.8 Å². The number of hydrogen-bond acceptors (Lipinski definition) is 3. The summed E-state index contributed by atoms with van der Waals surface area (Å²) in [5.74, 6) is 0.484. The van der Waals surface area contributed by atoms with Gasteiger partial charge in [0, 0.05) is 18.7 Å². The van der Waals surface area contributed by atoms with Crippen molar-refractivity contribution in [3.8, 4) is 28.3 Å². The van der Waals surface area contributed by atoms with Gasteiger partial charge in [-0.3, -0.25) is 9.10 Å². The van der Waals surface area contributed by atoms with Crippen LogP contribution in [0.3, 0.4) is 0 Å². The van der Waals surface area contributed by atoms with Crippen molar-refractivity contribution in [1.29, 1.82) is 5.26 Å². The summed E-state index contributed by atoms with van der Waals surface area (Å²) < 4.78 is 2.43. The quantitative estimate of drug-likeness (QED) is 0.175. The Kier molecular flexibility index (Phi) is 11.3. The van der Waals surface area contributed by atoms with E-state index in [1.165, 1.54) is 28.7 Å². The normalized spacial score (nSPS) is 16.1. The maximum absolute atomic E-state index is 13.6. The number of aryl methyl sites for hydroxylation is 2. The van der Waals surface area contributed by atoms with E-state index in [2.05, 4.69) is 110 Å². The van der Waals surface area contributed by atoms with Gasteiger partial charge in [-0.2, -0.15) is 5.26 Å². The monoisotopic (exact) mass is 641 g/mol. The van der Waals surface area contributed by atoms with Gasteiger partial charge in [0.05, 0.1) is 6.07 Å². The van der Waals surface area contributed by atoms with E-state index in [0.29, 0.717) is 24.3 Å². The number of nitrogens with zero attached hydrogens (tertiary/aromatic N) is 2. The van der Waals surface area contributed by atoms with Crippen molar-refractivity contribution >= 4 is 28.0 Å². The van der Waals surface area contributed by atoms with Gasteiger partial charge in [0.15, 0.2) is 0 Å². The predicted molar refractivity (Wildman–Crippen MR) is 201 cm³/mol. The zero-order chi connectivity index (χ0) is 33.4. The molecule has 0 aromatic heterocycles. The third-order valence-corrected chi connectivity index (χ3v) is 11.3. The lowest BCUT2D eigenvalue weighted by atomic mass is 9.89. The first-order valence-corrected chi connectivity index (χ1v) is 18.1. The number of amides is 1. The van der Waals surface area contributed by atoms with Gasteiger partial charge in [0.1, 0.15) is 5.54 Å². The summed E-state index contributed by atoms with van der Waals surface area (Å²) in [7, 11) is -0.169. The maximum Gasteiger partial charge on any atom is 0.252 e. The van der Waals surface area contributed by atoms with Crippen LogP contribution in [-0.4, -0.2) is 34.2 Å². The van der Waals surface area contributed by atoms with Crippen molar-refractivity contribution in [2.75, 3.05) is 13.1 Å². The minimum atomic E-state index is -0.887. The molecule has 4 aromatic carbocycles. The first-order valence-electron chi connectivity index (χ1n) is 16.8. The molecule has 242 valence electrons. The molecule has 1 aliphatic heterocycles. The van der Waals surface area contributed by atoms with Gasteiger partial charge in [-0.15, -0.1) is 0 Å². The molecule has 0 saturated carbocycles. The highest BCUT2D eigenvalue weighted by Crippen LogP contribution is 2.33. The summed E-state index contributed by atoms with van der Waals surface area (Å²) in [6, 6.07) is 33.5. The molecule has 1 fully saturated rings. The zero-order valence-corrected chi connectivity index (χ0v) is 29.2. The van der Waals surface area contributed by atoms with Crippen molar-refractivity contribution in [3.63, 3.8) is 0 Å². The minimum absolute atomic E-state index is 0.169. The fourth-order valence-electron chi connectivity index (χ4n) is 6.43. The number of carbonyl (C=O) groups is 1. The molecule has 5 rings (SSSR count). The third kappa shape index (κ3) is 8.38. The van der Waals surface area contributed by atoms with Crippen molar-refractivity contribution in [2.24, 2.45) is 5.92 Å². The summed E-state index contributed by atoms with van der Waals surface area (Å²) in [6.07, 6.45) is 5.76. The van der Waals surface area contributed by atoms with Crippen LogP contribution in [0.1, 0.15) is 72.6 Å². The molecule has 1 saturated heterocycles. The number of nitriles is 1. The van der Waals surface area contributed by atoms with Crippen molar-refractivity contribution in [1.82, 2.24) is 9.62 Å². The molecule has 47 heavy (non-hydrogen) atoms. The molecule has 2 unspecified atom stereocenters. The number of piperidine rings is 1. The SMILES string of the molecule is C/C=S(/C=C/c1c(C)cc(CC(C)CC)cc1C)N1CCC(C#N)(NC(=O)c2cccc(-c3cccc(-c4ccccc4)c3)c2)CC1. The second-order valence-electron chi connectivity index (χ2n) is 12.9. The largest absolute Gasteiger partial charge is 0.334 e. The highest BCUT2D eigenvalue weighted by molar-refractivity contribution is 8.15. The molecule has 1 amide bonds. The number of carbonyl (C=O) groups excluding carboxylic acids is 1. The van der Waals surface area contributed by atoms with Crippen LogP contribution in [-0.2, 0) is 6.42 Å². The molecule has 1 N–H and O–H groups in total. The number of nitrogens with one attached hydrogen (secondary N) is 1. The Labute approximate surface area is 284 Å². The molecule has 2 atom stereocenters. The van der Waals surface area contributed by atoms with E-state index < -0.39 is 5.54 Å². The van der Waals surface area contributed by atoms with Crippen molar-refractivity contribution in [3.05, 3.63) is 124 Å². The average Bonchev–Trinajstić information content (AvgIpc) is 3.10. The van der Waals surface area contributed by atoms with E-state index in [-0.39, 0.29) is 16.6 Å². The Morgan fingerprint density at radius 3 is 2.13 bits per heavy atom. The highest BCUT2D eigenvalue weighted by atomic mass is 32.2. The molecule has 0 bridgehead atoms. The minimum Gasteiger partial charge on any atom is -0.334 e. The van der Waals surface area contributed by atoms with E-state index in [4.69, 9.17) is 0 Å². The van der Waals surface area contributed by atoms with E-state index in [1.54, 1.807) is 0 Å². The van der Waals surface area contributed by atoms with Crippen LogP contribution in [0.5, 0.6) is 0 Å². The van der Waals surface area contributed by atoms with Crippen LogP contribution in [0, 0.1) is 31.1 Å². The molecule has 4 aromatic rings. The summed E-state index contributed by atoms with van der Waals surface area (Å²) >= 11 is 0. The fraction of sp³-hybridized carbons (Fsp3) is 0.310. The Bertz CT molecular complexity index is 1790. The molecule has 1 aliphatic rings. The summed E-state index contributed by atoms with van der Waals surface area (Å²) in [6.45, 7) is 12.6. The second kappa shape index (κ2) is 15.6. The molecule has 0 aliphatic carbocycles. The average molecular weight is 642 g/mol. The Hall–Kier alpha value is -4.24. The topological polar surface area (TPSA) is 56.1 Å². The van der Waals surface area contributed by atoms with Gasteiger partial charge < -0.3 is 5.32 Å². The number of hydrogen-bond donors (Lipinski definition) is 1. The van der Waals surface area contributed by atoms with Gasteiger partial charge in [-0.05, 0) is 126 Å². The molecule has 0 radical (unpaired) electrons. The number of benzene rings is 4. The molecule has 1 heterocycles. The van der Waals surface area contributed by atoms with E-state index in [1.807, 2.05) is 48.5 Å². The van der Waals surface area contributed by atoms with Gasteiger partial charge >= 0.3 is 0 Å². The molecular weight excluding hydrogens is 595 g/mol. The summed E-state index contributed by atoms with van der Waals surface area (Å²) in [5.41, 5.74) is 9.33. The van der Waals surface area contributed by atoms with Crippen molar-refractivity contribution < 1.29 is 4.79 Å². The van der Waals surface area contributed by atoms with Gasteiger partial charge in [-0.25, -0.2) is 0 Å². The zero-order valence-electron chi connectivity index (χ0n) is 28.4. The second-order valence-corrected chi connectivity index (χ2v) is 14.8. The Balaban J connectivity index is 1.24. The fourth-order valence-corrected chi connectivity index (χ4v) is 7.93. The first-order chi connectivity index (χ1) is 22.7. The Morgan fingerprint density at radius 1 is 0.915 bits per heavy atom. The van der Waals surface area contributed by atoms with Crippen LogP contribution in [0.4, 0.5) is 0 Å². The summed E-state index contributed by atoms with van der Waals surface area (Å²) in [5, 5.41) is 18.0. The molecule has 0 spiro atoms. The van der Waals surface area contributed by atoms with Crippen LogP contribution < -0.4 is 5.32 Å². The molecule has 5 heteroatoms. The van der Waals surface area contributed by atoms with E-state index in [9.17, 15) is 10.1 Å².